The number of benzene rings is 7. The molecule has 0 aliphatic rings. The number of hydrogen-bond donors (Lipinski definition) is 1. The molecule has 1 N–H and O–H groups in total. The quantitative estimate of drug-likeness (QED) is 0.189. The number of para-hydroxylation sites is 3. The minimum Gasteiger partial charge on any atom is -0.507 e. The third kappa shape index (κ3) is 6.06. The maximum atomic E-state index is 12.4. The highest BCUT2D eigenvalue weighted by molar-refractivity contribution is 6.14. The molecule has 3 heterocycles. The molecule has 0 amide bonds. The van der Waals surface area contributed by atoms with Crippen molar-refractivity contribution in [2.75, 3.05) is 0 Å². The number of hydrogen-bond acceptors (Lipinski definition) is 5. The smallest absolute Gasteiger partial charge is 0.149 e. The van der Waals surface area contributed by atoms with Crippen LogP contribution in [0.5, 0.6) is 5.75 Å². The Bertz CT molecular complexity index is 3250. The topological polar surface area (TPSA) is 77.0 Å². The summed E-state index contributed by atoms with van der Waals surface area (Å²) in [6, 6.07) is 50.3. The predicted octanol–water partition coefficient (Wildman–Crippen LogP) is 13.8. The van der Waals surface area contributed by atoms with Gasteiger partial charge in [-0.15, -0.1) is 5.10 Å². The fourth-order valence-electron chi connectivity index (χ4n) is 8.49. The Kier molecular flexibility index (Phi) is 8.32. The van der Waals surface area contributed by atoms with Crippen LogP contribution in [0.15, 0.2) is 156 Å². The van der Waals surface area contributed by atoms with Gasteiger partial charge in [0.05, 0.1) is 28.5 Å². The summed E-state index contributed by atoms with van der Waals surface area (Å²) in [7, 11) is 0. The second kappa shape index (κ2) is 13.5. The van der Waals surface area contributed by atoms with E-state index in [1.165, 1.54) is 0 Å². The number of aromatic hydroxyl groups is 1. The van der Waals surface area contributed by atoms with Crippen molar-refractivity contribution in [1.29, 1.82) is 0 Å². The second-order valence-corrected chi connectivity index (χ2v) is 17.5. The third-order valence-corrected chi connectivity index (χ3v) is 11.6. The van der Waals surface area contributed by atoms with Crippen molar-refractivity contribution in [3.63, 3.8) is 0 Å². The summed E-state index contributed by atoms with van der Waals surface area (Å²) in [6.45, 7) is 13.1. The molecule has 10 rings (SSSR count). The van der Waals surface area contributed by atoms with E-state index in [1.807, 2.05) is 42.6 Å². The van der Waals surface area contributed by atoms with E-state index in [1.54, 1.807) is 0 Å². The molecule has 0 bridgehead atoms. The van der Waals surface area contributed by atoms with Crippen molar-refractivity contribution in [1.82, 2.24) is 19.7 Å². The van der Waals surface area contributed by atoms with Crippen LogP contribution in [0.2, 0.25) is 0 Å². The lowest BCUT2D eigenvalue weighted by Gasteiger charge is -2.27. The molecule has 6 heteroatoms. The minimum atomic E-state index is -0.331. The number of phenols is 1. The number of nitrogens with zero attached hydrogens (tertiary/aromatic N) is 4. The molecule has 10 aromatic rings. The number of aromatic nitrogens is 4. The van der Waals surface area contributed by atoms with Gasteiger partial charge in [-0.3, -0.25) is 4.57 Å². The summed E-state index contributed by atoms with van der Waals surface area (Å²) in [5.41, 5.74) is 12.0. The number of rotatable bonds is 5. The van der Waals surface area contributed by atoms with Crippen molar-refractivity contribution in [2.45, 2.75) is 52.4 Å². The summed E-state index contributed by atoms with van der Waals surface area (Å²) in [5.74, 6) is 0.888. The average molecular weight is 769 g/mol. The van der Waals surface area contributed by atoms with Crippen molar-refractivity contribution in [3.05, 3.63) is 163 Å². The highest BCUT2D eigenvalue weighted by Gasteiger charge is 2.29. The van der Waals surface area contributed by atoms with Crippen LogP contribution < -0.4 is 0 Å². The van der Waals surface area contributed by atoms with E-state index in [-0.39, 0.29) is 16.6 Å². The first kappa shape index (κ1) is 36.3. The Balaban J connectivity index is 1.34. The number of fused-ring (bicyclic) bond motifs is 5. The predicted molar refractivity (Wildman–Crippen MR) is 242 cm³/mol. The van der Waals surface area contributed by atoms with Gasteiger partial charge in [0, 0.05) is 49.4 Å². The van der Waals surface area contributed by atoms with Crippen LogP contribution >= 0.6 is 0 Å². The summed E-state index contributed by atoms with van der Waals surface area (Å²) in [5, 5.41) is 25.6. The average Bonchev–Trinajstić information content (AvgIpc) is 3.82. The largest absolute Gasteiger partial charge is 0.507 e. The maximum Gasteiger partial charge on any atom is 0.149 e. The van der Waals surface area contributed by atoms with E-state index in [0.29, 0.717) is 11.4 Å². The summed E-state index contributed by atoms with van der Waals surface area (Å²) >= 11 is 0. The summed E-state index contributed by atoms with van der Waals surface area (Å²) < 4.78 is 8.99. The van der Waals surface area contributed by atoms with E-state index in [2.05, 4.69) is 160 Å². The van der Waals surface area contributed by atoms with Crippen LogP contribution in [-0.4, -0.2) is 24.9 Å². The van der Waals surface area contributed by atoms with Crippen molar-refractivity contribution < 1.29 is 9.52 Å². The van der Waals surface area contributed by atoms with Gasteiger partial charge in [-0.2, -0.15) is 5.10 Å². The van der Waals surface area contributed by atoms with E-state index in [9.17, 15) is 5.11 Å². The van der Waals surface area contributed by atoms with Gasteiger partial charge in [0.15, 0.2) is 0 Å². The van der Waals surface area contributed by atoms with Gasteiger partial charge in [-0.05, 0) is 58.4 Å². The Morgan fingerprint density at radius 1 is 0.576 bits per heavy atom. The zero-order valence-corrected chi connectivity index (χ0v) is 34.1. The van der Waals surface area contributed by atoms with Crippen LogP contribution in [0.1, 0.15) is 52.7 Å². The molecule has 0 saturated heterocycles. The molecular formula is C53H44N4O2. The minimum absolute atomic E-state index is 0.190. The second-order valence-electron chi connectivity index (χ2n) is 17.5. The maximum absolute atomic E-state index is 12.4. The zero-order chi connectivity index (χ0) is 40.6. The molecule has 0 spiro atoms. The van der Waals surface area contributed by atoms with Gasteiger partial charge in [-0.1, -0.05) is 151 Å². The fraction of sp³-hybridized carbons (Fsp3) is 0.151. The van der Waals surface area contributed by atoms with Crippen molar-refractivity contribution in [2.24, 2.45) is 0 Å². The molecule has 0 aliphatic heterocycles. The van der Waals surface area contributed by atoms with Crippen molar-refractivity contribution >= 4 is 43.7 Å². The van der Waals surface area contributed by atoms with Crippen LogP contribution in [0.25, 0.3) is 94.3 Å². The number of imidazole rings is 1. The Morgan fingerprint density at radius 3 is 2.08 bits per heavy atom. The van der Waals surface area contributed by atoms with Gasteiger partial charge in [-0.25, -0.2) is 4.98 Å². The molecule has 0 atom stereocenters. The first-order valence-corrected chi connectivity index (χ1v) is 20.2. The summed E-state index contributed by atoms with van der Waals surface area (Å²) in [4.78, 5) is 5.62. The normalized spacial score (nSPS) is 12.3. The molecule has 0 aliphatic carbocycles. The Morgan fingerprint density at radius 2 is 1.29 bits per heavy atom. The Labute approximate surface area is 343 Å². The molecule has 59 heavy (non-hydrogen) atoms. The highest BCUT2D eigenvalue weighted by atomic mass is 16.3. The molecule has 7 aromatic carbocycles. The Hall–Kier alpha value is -7.05. The van der Waals surface area contributed by atoms with Gasteiger partial charge in [0.25, 0.3) is 0 Å². The lowest BCUT2D eigenvalue weighted by atomic mass is 9.79. The fourth-order valence-corrected chi connectivity index (χ4v) is 8.49. The van der Waals surface area contributed by atoms with Crippen LogP contribution in [-0.2, 0) is 10.8 Å². The molecular weight excluding hydrogens is 725 g/mol. The van der Waals surface area contributed by atoms with E-state index in [4.69, 9.17) is 14.5 Å². The van der Waals surface area contributed by atoms with Crippen LogP contribution in [0.3, 0.4) is 0 Å². The molecule has 0 unspecified atom stereocenters. The monoisotopic (exact) mass is 768 g/mol. The van der Waals surface area contributed by atoms with Crippen LogP contribution in [0, 0.1) is 0 Å². The molecule has 288 valence electrons. The standard InChI is InChI=1S/C53H44N4O2/c1-52(2,3)35-29-42(49(58)43(30-35)53(4,5)6)51-55-48-39(23-16-25-45(48)57(51)44-24-14-12-20-36(44)32-17-8-7-9-18-32)41-28-34(47-37-21-11-10-19-33(37)31-54-56-47)27-40-38-22-13-15-26-46(38)59-50(40)41/h7-31,58H,1-6H3. The molecule has 3 aromatic heterocycles. The van der Waals surface area contributed by atoms with Gasteiger partial charge in [0.1, 0.15) is 28.4 Å². The molecule has 0 fully saturated rings. The molecule has 6 nitrogen and oxygen atoms in total. The van der Waals surface area contributed by atoms with Crippen LogP contribution in [0.4, 0.5) is 0 Å². The van der Waals surface area contributed by atoms with Crippen molar-refractivity contribution in [3.8, 4) is 56.3 Å². The van der Waals surface area contributed by atoms with E-state index < -0.39 is 0 Å². The molecule has 0 saturated carbocycles. The first-order valence-electron chi connectivity index (χ1n) is 20.2. The van der Waals surface area contributed by atoms with Gasteiger partial charge >= 0.3 is 0 Å². The SMILES string of the molecule is CC(C)(C)c1cc(-c2nc3c(-c4cc(-c5nncc6ccccc56)cc5c4oc4ccccc45)cccc3n2-c2ccccc2-c2ccccc2)c(O)c(C(C)(C)C)c1. The zero-order valence-electron chi connectivity index (χ0n) is 34.1. The lowest BCUT2D eigenvalue weighted by Crippen LogP contribution is -2.17. The lowest BCUT2D eigenvalue weighted by molar-refractivity contribution is 0.446. The van der Waals surface area contributed by atoms with E-state index >= 15 is 0 Å². The molecule has 0 radical (unpaired) electrons. The summed E-state index contributed by atoms with van der Waals surface area (Å²) in [6.07, 6.45) is 1.81. The number of furan rings is 1. The van der Waals surface area contributed by atoms with E-state index in [0.717, 1.165) is 94.1 Å². The number of phenolic OH excluding ortho intramolecular Hbond substituents is 1. The first-order chi connectivity index (χ1) is 28.5. The highest BCUT2D eigenvalue weighted by Crippen LogP contribution is 2.47. The third-order valence-electron chi connectivity index (χ3n) is 11.6. The van der Waals surface area contributed by atoms with Gasteiger partial charge < -0.3 is 9.52 Å². The van der Waals surface area contributed by atoms with Gasteiger partial charge in [0.2, 0.25) is 0 Å².